The summed E-state index contributed by atoms with van der Waals surface area (Å²) < 4.78 is 7.43. The van der Waals surface area contributed by atoms with Gasteiger partial charge >= 0.3 is 0 Å². The summed E-state index contributed by atoms with van der Waals surface area (Å²) in [5, 5.41) is 3.80. The number of ether oxygens (including phenoxy) is 1. The number of hydrogen-bond donors (Lipinski definition) is 1. The average molecular weight is 399 g/mol. The van der Waals surface area contributed by atoms with Crippen molar-refractivity contribution in [3.8, 4) is 0 Å². The second-order valence-electron chi connectivity index (χ2n) is 6.62. The van der Waals surface area contributed by atoms with Crippen LogP contribution in [-0.4, -0.2) is 18.8 Å². The molecule has 1 aliphatic heterocycles. The van der Waals surface area contributed by atoms with Crippen LogP contribution in [0.4, 0.5) is 0 Å². The Labute approximate surface area is 142 Å². The van der Waals surface area contributed by atoms with Crippen molar-refractivity contribution >= 4 is 22.6 Å². The highest BCUT2D eigenvalue weighted by Crippen LogP contribution is 2.47. The van der Waals surface area contributed by atoms with Crippen molar-refractivity contribution in [2.75, 3.05) is 13.2 Å². The molecule has 2 aliphatic rings. The Hall–Kier alpha value is -0.130. The molecule has 1 saturated heterocycles. The van der Waals surface area contributed by atoms with Gasteiger partial charge in [0.1, 0.15) is 0 Å². The predicted octanol–water partition coefficient (Wildman–Crippen LogP) is 4.68. The molecule has 3 rings (SSSR count). The van der Waals surface area contributed by atoms with E-state index in [9.17, 15) is 0 Å². The molecule has 1 N–H and O–H groups in total. The van der Waals surface area contributed by atoms with E-state index in [4.69, 9.17) is 4.74 Å². The van der Waals surface area contributed by atoms with Crippen LogP contribution in [0.15, 0.2) is 24.3 Å². The van der Waals surface area contributed by atoms with Gasteiger partial charge in [0.2, 0.25) is 0 Å². The van der Waals surface area contributed by atoms with E-state index in [1.54, 1.807) is 0 Å². The number of halogens is 1. The first kappa shape index (κ1) is 15.8. The molecule has 2 unspecified atom stereocenters. The van der Waals surface area contributed by atoms with E-state index in [1.165, 1.54) is 47.7 Å². The summed E-state index contributed by atoms with van der Waals surface area (Å²) in [4.78, 5) is 0. The molecule has 0 amide bonds. The van der Waals surface area contributed by atoms with Crippen LogP contribution in [0.2, 0.25) is 0 Å². The van der Waals surface area contributed by atoms with Crippen LogP contribution >= 0.6 is 22.6 Å². The summed E-state index contributed by atoms with van der Waals surface area (Å²) in [5.74, 6) is 0.714. The molecule has 116 valence electrons. The zero-order valence-corrected chi connectivity index (χ0v) is 15.1. The van der Waals surface area contributed by atoms with Crippen molar-refractivity contribution < 1.29 is 4.74 Å². The quantitative estimate of drug-likeness (QED) is 0.726. The number of benzene rings is 1. The molecular formula is C18H26INO. The molecule has 1 heterocycles. The molecule has 1 spiro atoms. The molecule has 1 aromatic carbocycles. The third-order valence-electron chi connectivity index (χ3n) is 5.11. The van der Waals surface area contributed by atoms with Gasteiger partial charge in [0, 0.05) is 16.2 Å². The summed E-state index contributed by atoms with van der Waals surface area (Å²) in [6.07, 6.45) is 7.52. The van der Waals surface area contributed by atoms with Gasteiger partial charge in [-0.3, -0.25) is 0 Å². The van der Waals surface area contributed by atoms with Crippen LogP contribution in [0.5, 0.6) is 0 Å². The first-order valence-electron chi connectivity index (χ1n) is 8.35. The fourth-order valence-corrected chi connectivity index (χ4v) is 4.16. The Morgan fingerprint density at radius 2 is 2.10 bits per heavy atom. The molecule has 2 nitrogen and oxygen atoms in total. The zero-order valence-electron chi connectivity index (χ0n) is 12.9. The first-order chi connectivity index (χ1) is 10.2. The third kappa shape index (κ3) is 3.62. The van der Waals surface area contributed by atoms with Crippen molar-refractivity contribution in [3.05, 3.63) is 33.4 Å². The van der Waals surface area contributed by atoms with Gasteiger partial charge in [-0.25, -0.2) is 0 Å². The molecule has 0 radical (unpaired) electrons. The molecular weight excluding hydrogens is 373 g/mol. The van der Waals surface area contributed by atoms with E-state index in [-0.39, 0.29) is 5.60 Å². The van der Waals surface area contributed by atoms with E-state index in [1.807, 2.05) is 0 Å². The summed E-state index contributed by atoms with van der Waals surface area (Å²) in [5.41, 5.74) is 1.68. The topological polar surface area (TPSA) is 21.3 Å². The minimum atomic E-state index is 0.234. The molecule has 2 fully saturated rings. The van der Waals surface area contributed by atoms with Crippen molar-refractivity contribution in [1.82, 2.24) is 5.32 Å². The lowest BCUT2D eigenvalue weighted by Crippen LogP contribution is -2.48. The van der Waals surface area contributed by atoms with Crippen molar-refractivity contribution in [2.45, 2.75) is 57.1 Å². The molecule has 1 saturated carbocycles. The van der Waals surface area contributed by atoms with Gasteiger partial charge < -0.3 is 10.1 Å². The van der Waals surface area contributed by atoms with E-state index >= 15 is 0 Å². The molecule has 1 aliphatic carbocycles. The molecule has 21 heavy (non-hydrogen) atoms. The largest absolute Gasteiger partial charge is 0.375 e. The normalized spacial score (nSPS) is 25.5. The van der Waals surface area contributed by atoms with Crippen LogP contribution in [0.25, 0.3) is 0 Å². The van der Waals surface area contributed by atoms with E-state index in [0.29, 0.717) is 12.0 Å². The summed E-state index contributed by atoms with van der Waals surface area (Å²) in [7, 11) is 0. The van der Waals surface area contributed by atoms with E-state index in [0.717, 1.165) is 13.2 Å². The van der Waals surface area contributed by atoms with Gasteiger partial charge in [-0.15, -0.1) is 0 Å². The van der Waals surface area contributed by atoms with E-state index < -0.39 is 0 Å². The van der Waals surface area contributed by atoms with E-state index in [2.05, 4.69) is 59.1 Å². The zero-order chi connectivity index (χ0) is 14.7. The van der Waals surface area contributed by atoms with Crippen molar-refractivity contribution in [1.29, 1.82) is 0 Å². The van der Waals surface area contributed by atoms with Gasteiger partial charge in [0.05, 0.1) is 5.60 Å². The maximum Gasteiger partial charge on any atom is 0.0686 e. The van der Waals surface area contributed by atoms with Gasteiger partial charge in [0.25, 0.3) is 0 Å². The highest BCUT2D eigenvalue weighted by molar-refractivity contribution is 14.1. The Morgan fingerprint density at radius 3 is 2.71 bits per heavy atom. The van der Waals surface area contributed by atoms with Crippen LogP contribution in [0, 0.1) is 9.49 Å². The first-order valence-corrected chi connectivity index (χ1v) is 9.43. The second kappa shape index (κ2) is 6.97. The summed E-state index contributed by atoms with van der Waals surface area (Å²) in [6.45, 7) is 4.29. The van der Waals surface area contributed by atoms with Crippen molar-refractivity contribution in [3.63, 3.8) is 0 Å². The monoisotopic (exact) mass is 399 g/mol. The fraction of sp³-hybridized carbons (Fsp3) is 0.667. The average Bonchev–Trinajstić information content (AvgIpc) is 2.48. The van der Waals surface area contributed by atoms with Gasteiger partial charge in [-0.1, -0.05) is 19.1 Å². The fourth-order valence-electron chi connectivity index (χ4n) is 3.80. The highest BCUT2D eigenvalue weighted by atomic mass is 127. The lowest BCUT2D eigenvalue weighted by atomic mass is 9.69. The standard InChI is InChI=1S/C18H26INO/c1-2-11-20-17(14-4-6-16(19)7-5-14)15-8-12-21-18(13-15)9-3-10-18/h4-7,15,17,20H,2-3,8-13H2,1H3. The van der Waals surface area contributed by atoms with Crippen LogP contribution in [0.1, 0.15) is 57.1 Å². The lowest BCUT2D eigenvalue weighted by Gasteiger charge is -2.49. The van der Waals surface area contributed by atoms with Crippen LogP contribution in [0.3, 0.4) is 0 Å². The Morgan fingerprint density at radius 1 is 1.33 bits per heavy atom. The maximum atomic E-state index is 6.11. The molecule has 0 bridgehead atoms. The smallest absolute Gasteiger partial charge is 0.0686 e. The van der Waals surface area contributed by atoms with Crippen molar-refractivity contribution in [2.24, 2.45) is 5.92 Å². The number of nitrogens with one attached hydrogen (secondary N) is 1. The molecule has 1 aromatic rings. The molecule has 3 heteroatoms. The van der Waals surface area contributed by atoms with Crippen LogP contribution < -0.4 is 5.32 Å². The SMILES string of the molecule is CCCNC(c1ccc(I)cc1)C1CCOC2(CCC2)C1. The number of rotatable bonds is 5. The third-order valence-corrected chi connectivity index (χ3v) is 5.83. The summed E-state index contributed by atoms with van der Waals surface area (Å²) >= 11 is 2.38. The minimum Gasteiger partial charge on any atom is -0.375 e. The highest BCUT2D eigenvalue weighted by Gasteiger charge is 2.44. The summed E-state index contributed by atoms with van der Waals surface area (Å²) in [6, 6.07) is 9.56. The van der Waals surface area contributed by atoms with Gasteiger partial charge in [-0.2, -0.15) is 0 Å². The predicted molar refractivity (Wildman–Crippen MR) is 95.5 cm³/mol. The Kier molecular flexibility index (Phi) is 5.23. The molecule has 2 atom stereocenters. The number of hydrogen-bond acceptors (Lipinski definition) is 2. The second-order valence-corrected chi connectivity index (χ2v) is 7.87. The lowest BCUT2D eigenvalue weighted by molar-refractivity contribution is -0.147. The maximum absolute atomic E-state index is 6.11. The van der Waals surface area contributed by atoms with Gasteiger partial charge in [0.15, 0.2) is 0 Å². The Balaban J connectivity index is 1.76. The van der Waals surface area contributed by atoms with Crippen LogP contribution in [-0.2, 0) is 4.74 Å². The Bertz CT molecular complexity index is 455. The van der Waals surface area contributed by atoms with Gasteiger partial charge in [-0.05, 0) is 91.3 Å². The molecule has 0 aromatic heterocycles. The minimum absolute atomic E-state index is 0.234.